The number of ether oxygens (including phenoxy) is 2. The van der Waals surface area contributed by atoms with E-state index in [1.54, 1.807) is 0 Å². The number of carbonyl (C=O) groups excluding carboxylic acids is 2. The number of benzene rings is 1. The van der Waals surface area contributed by atoms with Gasteiger partial charge in [0.15, 0.2) is 0 Å². The fourth-order valence-electron chi connectivity index (χ4n) is 1.66. The van der Waals surface area contributed by atoms with E-state index in [0.29, 0.717) is 6.42 Å². The van der Waals surface area contributed by atoms with Crippen molar-refractivity contribution >= 4 is 11.9 Å². The van der Waals surface area contributed by atoms with E-state index < -0.39 is 12.0 Å². The zero-order valence-electron chi connectivity index (χ0n) is 12.1. The molecule has 20 heavy (non-hydrogen) atoms. The molecule has 0 fully saturated rings. The molecule has 0 aliphatic carbocycles. The Morgan fingerprint density at radius 3 is 2.40 bits per heavy atom. The van der Waals surface area contributed by atoms with E-state index in [1.807, 2.05) is 44.2 Å². The van der Waals surface area contributed by atoms with Crippen LogP contribution in [-0.2, 0) is 25.5 Å². The van der Waals surface area contributed by atoms with Crippen molar-refractivity contribution in [3.63, 3.8) is 0 Å². The predicted molar refractivity (Wildman–Crippen MR) is 75.2 cm³/mol. The molecule has 1 unspecified atom stereocenters. The standard InChI is InChI=1S/C15H21NO4/c1-11(2)20-10-14(17)16-13(15(18)19-3)9-12-7-5-4-6-8-12/h4-8,11,13H,9-10H2,1-3H3,(H,16,17). The van der Waals surface area contributed by atoms with Gasteiger partial charge in [-0.05, 0) is 19.4 Å². The number of carbonyl (C=O) groups is 2. The second-order valence-corrected chi connectivity index (χ2v) is 4.69. The predicted octanol–water partition coefficient (Wildman–Crippen LogP) is 1.31. The molecule has 0 saturated carbocycles. The third-order valence-corrected chi connectivity index (χ3v) is 2.65. The molecule has 110 valence electrons. The van der Waals surface area contributed by atoms with Gasteiger partial charge in [0.2, 0.25) is 5.91 Å². The molecule has 0 aromatic heterocycles. The Hall–Kier alpha value is -1.88. The summed E-state index contributed by atoms with van der Waals surface area (Å²) in [6.07, 6.45) is 0.354. The maximum absolute atomic E-state index is 11.7. The third kappa shape index (κ3) is 5.84. The summed E-state index contributed by atoms with van der Waals surface area (Å²) in [4.78, 5) is 23.4. The summed E-state index contributed by atoms with van der Waals surface area (Å²) in [5.74, 6) is -0.795. The Morgan fingerprint density at radius 2 is 1.85 bits per heavy atom. The van der Waals surface area contributed by atoms with Crippen LogP contribution in [-0.4, -0.2) is 37.7 Å². The van der Waals surface area contributed by atoms with E-state index >= 15 is 0 Å². The van der Waals surface area contributed by atoms with Gasteiger partial charge in [0.25, 0.3) is 0 Å². The smallest absolute Gasteiger partial charge is 0.328 e. The molecule has 1 rings (SSSR count). The Labute approximate surface area is 119 Å². The van der Waals surface area contributed by atoms with Crippen LogP contribution in [0.5, 0.6) is 0 Å². The minimum Gasteiger partial charge on any atom is -0.467 e. The number of amides is 1. The van der Waals surface area contributed by atoms with Crippen molar-refractivity contribution in [1.82, 2.24) is 5.32 Å². The Balaban J connectivity index is 2.61. The van der Waals surface area contributed by atoms with Gasteiger partial charge in [-0.15, -0.1) is 0 Å². The van der Waals surface area contributed by atoms with Crippen molar-refractivity contribution in [3.8, 4) is 0 Å². The molecular formula is C15H21NO4. The highest BCUT2D eigenvalue weighted by Gasteiger charge is 2.21. The Bertz CT molecular complexity index is 431. The number of esters is 1. The number of hydrogen-bond acceptors (Lipinski definition) is 4. The molecule has 0 bridgehead atoms. The van der Waals surface area contributed by atoms with Crippen LogP contribution in [0.1, 0.15) is 19.4 Å². The molecule has 0 saturated heterocycles. The summed E-state index contributed by atoms with van der Waals surface area (Å²) in [5, 5.41) is 2.63. The molecule has 1 amide bonds. The summed E-state index contributed by atoms with van der Waals surface area (Å²) in [6, 6.07) is 8.75. The van der Waals surface area contributed by atoms with E-state index in [0.717, 1.165) is 5.56 Å². The van der Waals surface area contributed by atoms with E-state index in [2.05, 4.69) is 5.32 Å². The highest BCUT2D eigenvalue weighted by molar-refractivity contribution is 5.85. The molecule has 1 N–H and O–H groups in total. The lowest BCUT2D eigenvalue weighted by Gasteiger charge is -2.17. The second-order valence-electron chi connectivity index (χ2n) is 4.69. The molecular weight excluding hydrogens is 258 g/mol. The van der Waals surface area contributed by atoms with Crippen molar-refractivity contribution < 1.29 is 19.1 Å². The topological polar surface area (TPSA) is 64.6 Å². The summed E-state index contributed by atoms with van der Waals surface area (Å²) >= 11 is 0. The highest BCUT2D eigenvalue weighted by Crippen LogP contribution is 2.04. The number of rotatable bonds is 7. The molecule has 0 heterocycles. The molecule has 5 heteroatoms. The lowest BCUT2D eigenvalue weighted by atomic mass is 10.1. The SMILES string of the molecule is COC(=O)C(Cc1ccccc1)NC(=O)COC(C)C. The molecule has 1 aromatic carbocycles. The van der Waals surface area contributed by atoms with Crippen LogP contribution >= 0.6 is 0 Å². The molecule has 0 spiro atoms. The zero-order chi connectivity index (χ0) is 15.0. The largest absolute Gasteiger partial charge is 0.467 e. The van der Waals surface area contributed by atoms with Crippen molar-refractivity contribution in [1.29, 1.82) is 0 Å². The van der Waals surface area contributed by atoms with Gasteiger partial charge >= 0.3 is 5.97 Å². The van der Waals surface area contributed by atoms with Gasteiger partial charge in [-0.3, -0.25) is 4.79 Å². The van der Waals surface area contributed by atoms with Crippen molar-refractivity contribution in [2.45, 2.75) is 32.4 Å². The molecule has 5 nitrogen and oxygen atoms in total. The molecule has 0 aliphatic heterocycles. The number of methoxy groups -OCH3 is 1. The van der Waals surface area contributed by atoms with Gasteiger partial charge in [0, 0.05) is 6.42 Å². The number of hydrogen-bond donors (Lipinski definition) is 1. The van der Waals surface area contributed by atoms with Crippen molar-refractivity contribution in [3.05, 3.63) is 35.9 Å². The first-order chi connectivity index (χ1) is 9.52. The maximum atomic E-state index is 11.7. The van der Waals surface area contributed by atoms with Crippen LogP contribution in [0.2, 0.25) is 0 Å². The van der Waals surface area contributed by atoms with E-state index in [1.165, 1.54) is 7.11 Å². The van der Waals surface area contributed by atoms with Gasteiger partial charge < -0.3 is 14.8 Å². The molecule has 0 aliphatic rings. The molecule has 0 radical (unpaired) electrons. The first-order valence-corrected chi connectivity index (χ1v) is 6.55. The summed E-state index contributed by atoms with van der Waals surface area (Å²) in [7, 11) is 1.30. The van der Waals surface area contributed by atoms with Crippen molar-refractivity contribution in [2.24, 2.45) is 0 Å². The average molecular weight is 279 g/mol. The monoisotopic (exact) mass is 279 g/mol. The van der Waals surface area contributed by atoms with Crippen LogP contribution in [0.4, 0.5) is 0 Å². The van der Waals surface area contributed by atoms with Gasteiger partial charge in [-0.1, -0.05) is 30.3 Å². The lowest BCUT2D eigenvalue weighted by molar-refractivity contribution is -0.145. The minimum atomic E-state index is -0.703. The first kappa shape index (κ1) is 16.2. The summed E-state index contributed by atoms with van der Waals surface area (Å²) < 4.78 is 9.92. The third-order valence-electron chi connectivity index (χ3n) is 2.65. The van der Waals surface area contributed by atoms with Crippen LogP contribution < -0.4 is 5.32 Å². The molecule has 1 atom stereocenters. The molecule has 1 aromatic rings. The van der Waals surface area contributed by atoms with Crippen molar-refractivity contribution in [2.75, 3.05) is 13.7 Å². The number of nitrogens with one attached hydrogen (secondary N) is 1. The zero-order valence-corrected chi connectivity index (χ0v) is 12.1. The van der Waals surface area contributed by atoms with Gasteiger partial charge in [0.1, 0.15) is 12.6 Å². The van der Waals surface area contributed by atoms with Crippen LogP contribution in [0.3, 0.4) is 0 Å². The van der Waals surface area contributed by atoms with Crippen LogP contribution in [0, 0.1) is 0 Å². The maximum Gasteiger partial charge on any atom is 0.328 e. The second kappa shape index (κ2) is 8.32. The first-order valence-electron chi connectivity index (χ1n) is 6.55. The Morgan fingerprint density at radius 1 is 1.20 bits per heavy atom. The quantitative estimate of drug-likeness (QED) is 0.764. The van der Waals surface area contributed by atoms with E-state index in [9.17, 15) is 9.59 Å². The van der Waals surface area contributed by atoms with Crippen LogP contribution in [0.25, 0.3) is 0 Å². The van der Waals surface area contributed by atoms with E-state index in [4.69, 9.17) is 9.47 Å². The fraction of sp³-hybridized carbons (Fsp3) is 0.467. The summed E-state index contributed by atoms with van der Waals surface area (Å²) in [6.45, 7) is 3.62. The highest BCUT2D eigenvalue weighted by atomic mass is 16.5. The fourth-order valence-corrected chi connectivity index (χ4v) is 1.66. The minimum absolute atomic E-state index is 0.0357. The van der Waals surface area contributed by atoms with Gasteiger partial charge in [-0.2, -0.15) is 0 Å². The van der Waals surface area contributed by atoms with Gasteiger partial charge in [-0.25, -0.2) is 4.79 Å². The summed E-state index contributed by atoms with van der Waals surface area (Å²) in [5.41, 5.74) is 0.952. The normalized spacial score (nSPS) is 12.0. The van der Waals surface area contributed by atoms with Crippen LogP contribution in [0.15, 0.2) is 30.3 Å². The lowest BCUT2D eigenvalue weighted by Crippen LogP contribution is -2.44. The average Bonchev–Trinajstić information content (AvgIpc) is 2.44. The van der Waals surface area contributed by atoms with Gasteiger partial charge in [0.05, 0.1) is 13.2 Å². The van der Waals surface area contributed by atoms with E-state index in [-0.39, 0.29) is 18.6 Å². The Kier molecular flexibility index (Phi) is 6.73.